The molecule has 1 heterocycles. The molecule has 0 unspecified atom stereocenters. The summed E-state index contributed by atoms with van der Waals surface area (Å²) in [6.07, 6.45) is 0. The van der Waals surface area contributed by atoms with Crippen LogP contribution in [0.1, 0.15) is 23.2 Å². The molecule has 0 radical (unpaired) electrons. The predicted octanol–water partition coefficient (Wildman–Crippen LogP) is 1.02. The van der Waals surface area contributed by atoms with Crippen molar-refractivity contribution < 1.29 is 19.2 Å². The van der Waals surface area contributed by atoms with Crippen LogP contribution >= 0.6 is 0 Å². The van der Waals surface area contributed by atoms with Crippen molar-refractivity contribution in [3.63, 3.8) is 0 Å². The van der Waals surface area contributed by atoms with Crippen LogP contribution in [0.4, 0.5) is 0 Å². The van der Waals surface area contributed by atoms with E-state index in [9.17, 15) is 4.79 Å². The Hall–Kier alpha value is -1.33. The van der Waals surface area contributed by atoms with E-state index in [0.717, 1.165) is 0 Å². The Morgan fingerprint density at radius 2 is 2.46 bits per heavy atom. The second kappa shape index (κ2) is 4.64. The van der Waals surface area contributed by atoms with Gasteiger partial charge < -0.3 is 14.4 Å². The van der Waals surface area contributed by atoms with Gasteiger partial charge in [0.05, 0.1) is 13.2 Å². The number of hydroxylamine groups is 1. The quantitative estimate of drug-likeness (QED) is 0.529. The zero-order chi connectivity index (χ0) is 9.68. The van der Waals surface area contributed by atoms with Crippen LogP contribution in [0.5, 0.6) is 0 Å². The van der Waals surface area contributed by atoms with Crippen molar-refractivity contribution in [2.24, 2.45) is 0 Å². The molecule has 0 amide bonds. The number of hydrogen-bond acceptors (Lipinski definition) is 4. The molecule has 13 heavy (non-hydrogen) atoms. The van der Waals surface area contributed by atoms with Gasteiger partial charge in [-0.05, 0) is 19.1 Å². The molecule has 0 spiro atoms. The van der Waals surface area contributed by atoms with Crippen molar-refractivity contribution in [3.05, 3.63) is 23.7 Å². The molecular weight excluding hydrogens is 174 g/mol. The van der Waals surface area contributed by atoms with Crippen molar-refractivity contribution >= 4 is 5.97 Å². The summed E-state index contributed by atoms with van der Waals surface area (Å²) in [5.41, 5.74) is 2.62. The summed E-state index contributed by atoms with van der Waals surface area (Å²) in [7, 11) is 0. The molecule has 0 aliphatic heterocycles. The number of carboxylic acid groups (broad SMARTS) is 1. The molecule has 0 aromatic carbocycles. The molecule has 1 aromatic rings. The average molecular weight is 185 g/mol. The topological polar surface area (TPSA) is 71.7 Å². The Balaban J connectivity index is 2.44. The van der Waals surface area contributed by atoms with Gasteiger partial charge in [0.1, 0.15) is 5.76 Å². The van der Waals surface area contributed by atoms with E-state index in [0.29, 0.717) is 18.9 Å². The fourth-order valence-electron chi connectivity index (χ4n) is 0.812. The van der Waals surface area contributed by atoms with E-state index in [1.54, 1.807) is 6.07 Å². The van der Waals surface area contributed by atoms with Crippen LogP contribution in [0.15, 0.2) is 16.5 Å². The van der Waals surface area contributed by atoms with Crippen LogP contribution in [-0.4, -0.2) is 17.7 Å². The van der Waals surface area contributed by atoms with Crippen LogP contribution in [0.3, 0.4) is 0 Å². The van der Waals surface area contributed by atoms with Crippen molar-refractivity contribution in [3.8, 4) is 0 Å². The second-order valence-electron chi connectivity index (χ2n) is 2.33. The van der Waals surface area contributed by atoms with Crippen molar-refractivity contribution in [2.45, 2.75) is 13.5 Å². The first-order chi connectivity index (χ1) is 6.24. The van der Waals surface area contributed by atoms with Gasteiger partial charge in [0.25, 0.3) is 0 Å². The average Bonchev–Trinajstić information content (AvgIpc) is 2.53. The maximum absolute atomic E-state index is 10.4. The highest BCUT2D eigenvalue weighted by atomic mass is 16.6. The molecule has 72 valence electrons. The fraction of sp³-hybridized carbons (Fsp3) is 0.375. The normalized spacial score (nSPS) is 10.2. The monoisotopic (exact) mass is 185 g/mol. The lowest BCUT2D eigenvalue weighted by atomic mass is 10.4. The summed E-state index contributed by atoms with van der Waals surface area (Å²) in [5, 5.41) is 8.52. The first kappa shape index (κ1) is 9.76. The predicted molar refractivity (Wildman–Crippen MR) is 44.1 cm³/mol. The summed E-state index contributed by atoms with van der Waals surface area (Å²) in [6.45, 7) is 2.76. The minimum Gasteiger partial charge on any atom is -0.475 e. The number of hydrogen-bond donors (Lipinski definition) is 2. The van der Waals surface area contributed by atoms with E-state index in [4.69, 9.17) is 14.4 Å². The zero-order valence-corrected chi connectivity index (χ0v) is 7.24. The van der Waals surface area contributed by atoms with E-state index in [1.807, 2.05) is 6.92 Å². The number of rotatable bonds is 5. The molecular formula is C8H11NO4. The molecule has 0 bridgehead atoms. The molecule has 1 rings (SSSR count). The summed E-state index contributed by atoms with van der Waals surface area (Å²) in [5.74, 6) is -0.596. The molecule has 1 aromatic heterocycles. The van der Waals surface area contributed by atoms with Crippen molar-refractivity contribution in [2.75, 3.05) is 6.61 Å². The van der Waals surface area contributed by atoms with Crippen LogP contribution in [0.25, 0.3) is 0 Å². The zero-order valence-electron chi connectivity index (χ0n) is 7.24. The van der Waals surface area contributed by atoms with Gasteiger partial charge in [0, 0.05) is 0 Å². The standard InChI is InChI=1S/C8H11NO4/c1-2-12-9-5-6-3-4-7(13-6)8(10)11/h3-4,9H,2,5H2,1H3,(H,10,11). The largest absolute Gasteiger partial charge is 0.475 e. The Bertz CT molecular complexity index is 281. The molecule has 0 aliphatic carbocycles. The van der Waals surface area contributed by atoms with Gasteiger partial charge in [0.2, 0.25) is 5.76 Å². The van der Waals surface area contributed by atoms with E-state index >= 15 is 0 Å². The van der Waals surface area contributed by atoms with Gasteiger partial charge in [-0.1, -0.05) is 0 Å². The number of carboxylic acids is 1. The smallest absolute Gasteiger partial charge is 0.371 e. The molecule has 0 atom stereocenters. The third kappa shape index (κ3) is 2.89. The van der Waals surface area contributed by atoms with Gasteiger partial charge >= 0.3 is 5.97 Å². The van der Waals surface area contributed by atoms with E-state index in [1.165, 1.54) is 6.07 Å². The van der Waals surface area contributed by atoms with Crippen LogP contribution in [0.2, 0.25) is 0 Å². The minimum absolute atomic E-state index is 0.0618. The first-order valence-electron chi connectivity index (χ1n) is 3.90. The van der Waals surface area contributed by atoms with E-state index < -0.39 is 5.97 Å². The lowest BCUT2D eigenvalue weighted by Gasteiger charge is -1.99. The molecule has 0 saturated carbocycles. The highest BCUT2D eigenvalue weighted by Crippen LogP contribution is 2.06. The Kier molecular flexibility index (Phi) is 3.48. The molecule has 2 N–H and O–H groups in total. The molecule has 5 nitrogen and oxygen atoms in total. The summed E-state index contributed by atoms with van der Waals surface area (Å²) in [6, 6.07) is 3.00. The van der Waals surface area contributed by atoms with E-state index in [2.05, 4.69) is 5.48 Å². The van der Waals surface area contributed by atoms with Crippen molar-refractivity contribution in [1.29, 1.82) is 0 Å². The van der Waals surface area contributed by atoms with Crippen LogP contribution < -0.4 is 5.48 Å². The maximum Gasteiger partial charge on any atom is 0.371 e. The van der Waals surface area contributed by atoms with Crippen molar-refractivity contribution in [1.82, 2.24) is 5.48 Å². The third-order valence-corrected chi connectivity index (χ3v) is 1.37. The number of furan rings is 1. The second-order valence-corrected chi connectivity index (χ2v) is 2.33. The SMILES string of the molecule is CCONCc1ccc(C(=O)O)o1. The minimum atomic E-state index is -1.07. The highest BCUT2D eigenvalue weighted by Gasteiger charge is 2.07. The molecule has 5 heteroatoms. The summed E-state index contributed by atoms with van der Waals surface area (Å²) in [4.78, 5) is 15.2. The Morgan fingerprint density at radius 1 is 1.69 bits per heavy atom. The summed E-state index contributed by atoms with van der Waals surface area (Å²) >= 11 is 0. The Labute approximate surface area is 75.3 Å². The molecule has 0 fully saturated rings. The number of nitrogens with one attached hydrogen (secondary N) is 1. The van der Waals surface area contributed by atoms with Gasteiger partial charge in [-0.2, -0.15) is 5.48 Å². The van der Waals surface area contributed by atoms with Gasteiger partial charge in [-0.15, -0.1) is 0 Å². The van der Waals surface area contributed by atoms with Gasteiger partial charge in [0.15, 0.2) is 0 Å². The number of aromatic carboxylic acids is 1. The third-order valence-electron chi connectivity index (χ3n) is 1.37. The van der Waals surface area contributed by atoms with Gasteiger partial charge in [-0.25, -0.2) is 4.79 Å². The van der Waals surface area contributed by atoms with Crippen LogP contribution in [-0.2, 0) is 11.4 Å². The first-order valence-corrected chi connectivity index (χ1v) is 3.90. The lowest BCUT2D eigenvalue weighted by Crippen LogP contribution is -2.12. The number of carbonyl (C=O) groups is 1. The Morgan fingerprint density at radius 3 is 3.00 bits per heavy atom. The maximum atomic E-state index is 10.4. The van der Waals surface area contributed by atoms with Crippen LogP contribution in [0, 0.1) is 0 Å². The fourth-order valence-corrected chi connectivity index (χ4v) is 0.812. The molecule has 0 aliphatic rings. The molecule has 0 saturated heterocycles. The summed E-state index contributed by atoms with van der Waals surface area (Å²) < 4.78 is 4.95. The van der Waals surface area contributed by atoms with E-state index in [-0.39, 0.29) is 5.76 Å². The lowest BCUT2D eigenvalue weighted by molar-refractivity contribution is 0.0417. The van der Waals surface area contributed by atoms with Gasteiger partial charge in [-0.3, -0.25) is 0 Å². The highest BCUT2D eigenvalue weighted by molar-refractivity contribution is 5.84.